The summed E-state index contributed by atoms with van der Waals surface area (Å²) in [5.74, 6) is 1.19. The fourth-order valence-corrected chi connectivity index (χ4v) is 3.41. The van der Waals surface area contributed by atoms with Crippen molar-refractivity contribution < 1.29 is 4.79 Å². The van der Waals surface area contributed by atoms with Crippen molar-refractivity contribution in [3.63, 3.8) is 0 Å². The van der Waals surface area contributed by atoms with Gasteiger partial charge in [-0.2, -0.15) is 0 Å². The van der Waals surface area contributed by atoms with Crippen LogP contribution in [0.25, 0.3) is 0 Å². The van der Waals surface area contributed by atoms with E-state index in [-0.39, 0.29) is 5.92 Å². The van der Waals surface area contributed by atoms with Crippen LogP contribution in [-0.2, 0) is 4.79 Å². The van der Waals surface area contributed by atoms with Crippen molar-refractivity contribution in [1.29, 1.82) is 0 Å². The van der Waals surface area contributed by atoms with Gasteiger partial charge in [-0.05, 0) is 38.5 Å². The monoisotopic (exact) mass is 252 g/mol. The van der Waals surface area contributed by atoms with Crippen molar-refractivity contribution in [2.45, 2.75) is 70.9 Å². The predicted molar refractivity (Wildman–Crippen MR) is 74.4 cm³/mol. The van der Waals surface area contributed by atoms with Gasteiger partial charge >= 0.3 is 0 Å². The van der Waals surface area contributed by atoms with Crippen molar-refractivity contribution in [2.75, 3.05) is 6.54 Å². The van der Waals surface area contributed by atoms with Crippen molar-refractivity contribution in [2.24, 2.45) is 11.8 Å². The molecule has 4 unspecified atom stereocenters. The zero-order valence-electron chi connectivity index (χ0n) is 11.9. The SMILES string of the molecule is CCC1CCCCC1NC(=O)C1CCC(C)NC1. The van der Waals surface area contributed by atoms with Gasteiger partial charge in [-0.15, -0.1) is 0 Å². The number of carbonyl (C=O) groups is 1. The zero-order valence-corrected chi connectivity index (χ0v) is 11.9. The van der Waals surface area contributed by atoms with Crippen LogP contribution in [0.2, 0.25) is 0 Å². The number of carbonyl (C=O) groups excluding carboxylic acids is 1. The highest BCUT2D eigenvalue weighted by molar-refractivity contribution is 5.79. The van der Waals surface area contributed by atoms with E-state index in [1.807, 2.05) is 0 Å². The van der Waals surface area contributed by atoms with Gasteiger partial charge < -0.3 is 10.6 Å². The fourth-order valence-electron chi connectivity index (χ4n) is 3.41. The third-order valence-corrected chi connectivity index (χ3v) is 4.79. The summed E-state index contributed by atoms with van der Waals surface area (Å²) in [6.07, 6.45) is 8.46. The lowest BCUT2D eigenvalue weighted by Crippen LogP contribution is -2.49. The molecule has 1 amide bonds. The normalized spacial score (nSPS) is 37.2. The number of nitrogens with one attached hydrogen (secondary N) is 2. The van der Waals surface area contributed by atoms with E-state index in [9.17, 15) is 4.79 Å². The minimum absolute atomic E-state index is 0.195. The molecule has 0 radical (unpaired) electrons. The van der Waals surface area contributed by atoms with E-state index in [4.69, 9.17) is 0 Å². The van der Waals surface area contributed by atoms with Crippen LogP contribution in [0.15, 0.2) is 0 Å². The molecule has 2 aliphatic rings. The topological polar surface area (TPSA) is 41.1 Å². The number of amides is 1. The van der Waals surface area contributed by atoms with Crippen LogP contribution < -0.4 is 10.6 Å². The van der Waals surface area contributed by atoms with Gasteiger partial charge in [0.05, 0.1) is 5.92 Å². The van der Waals surface area contributed by atoms with Crippen LogP contribution in [0.3, 0.4) is 0 Å². The van der Waals surface area contributed by atoms with Crippen LogP contribution >= 0.6 is 0 Å². The molecule has 104 valence electrons. The number of rotatable bonds is 3. The molecule has 1 aliphatic carbocycles. The minimum Gasteiger partial charge on any atom is -0.353 e. The molecule has 0 aromatic heterocycles. The second kappa shape index (κ2) is 6.55. The summed E-state index contributed by atoms with van der Waals surface area (Å²) in [5, 5.41) is 6.74. The van der Waals surface area contributed by atoms with E-state index in [1.165, 1.54) is 32.1 Å². The van der Waals surface area contributed by atoms with Gasteiger partial charge in [0.2, 0.25) is 5.91 Å². The van der Waals surface area contributed by atoms with Gasteiger partial charge in [0, 0.05) is 18.6 Å². The third kappa shape index (κ3) is 3.47. The summed E-state index contributed by atoms with van der Waals surface area (Å²) in [6, 6.07) is 1.02. The van der Waals surface area contributed by atoms with Gasteiger partial charge in [-0.1, -0.05) is 26.2 Å². The predicted octanol–water partition coefficient (Wildman–Crippen LogP) is 2.46. The second-order valence-corrected chi connectivity index (χ2v) is 6.15. The van der Waals surface area contributed by atoms with E-state index < -0.39 is 0 Å². The Morgan fingerprint density at radius 3 is 2.67 bits per heavy atom. The first kappa shape index (κ1) is 13.9. The maximum absolute atomic E-state index is 12.3. The maximum Gasteiger partial charge on any atom is 0.224 e. The minimum atomic E-state index is 0.195. The molecule has 3 nitrogen and oxygen atoms in total. The largest absolute Gasteiger partial charge is 0.353 e. The molecule has 1 saturated carbocycles. The molecule has 3 heteroatoms. The average Bonchev–Trinajstić information content (AvgIpc) is 2.40. The van der Waals surface area contributed by atoms with Gasteiger partial charge in [-0.25, -0.2) is 0 Å². The van der Waals surface area contributed by atoms with E-state index in [0.29, 0.717) is 23.9 Å². The number of piperidine rings is 1. The number of hydrogen-bond donors (Lipinski definition) is 2. The van der Waals surface area contributed by atoms with Gasteiger partial charge in [-0.3, -0.25) is 4.79 Å². The molecule has 1 aliphatic heterocycles. The first-order valence-corrected chi connectivity index (χ1v) is 7.74. The Balaban J connectivity index is 1.82. The van der Waals surface area contributed by atoms with Crippen molar-refractivity contribution >= 4 is 5.91 Å². The van der Waals surface area contributed by atoms with E-state index >= 15 is 0 Å². The van der Waals surface area contributed by atoms with Crippen LogP contribution in [0, 0.1) is 11.8 Å². The molecule has 0 aromatic rings. The summed E-state index contributed by atoms with van der Waals surface area (Å²) in [5.41, 5.74) is 0. The summed E-state index contributed by atoms with van der Waals surface area (Å²) in [7, 11) is 0. The molecule has 1 heterocycles. The molecular formula is C15H28N2O. The van der Waals surface area contributed by atoms with Crippen molar-refractivity contribution in [1.82, 2.24) is 10.6 Å². The molecular weight excluding hydrogens is 224 g/mol. The summed E-state index contributed by atoms with van der Waals surface area (Å²) >= 11 is 0. The summed E-state index contributed by atoms with van der Waals surface area (Å²) in [6.45, 7) is 5.30. The molecule has 2 rings (SSSR count). The van der Waals surface area contributed by atoms with Gasteiger partial charge in [0.25, 0.3) is 0 Å². The summed E-state index contributed by atoms with van der Waals surface area (Å²) < 4.78 is 0. The first-order valence-electron chi connectivity index (χ1n) is 7.74. The van der Waals surface area contributed by atoms with Crippen LogP contribution in [0.1, 0.15) is 58.8 Å². The lowest BCUT2D eigenvalue weighted by molar-refractivity contribution is -0.127. The van der Waals surface area contributed by atoms with Crippen LogP contribution in [0.5, 0.6) is 0 Å². The lowest BCUT2D eigenvalue weighted by atomic mass is 9.82. The highest BCUT2D eigenvalue weighted by Gasteiger charge is 2.29. The zero-order chi connectivity index (χ0) is 13.0. The van der Waals surface area contributed by atoms with Gasteiger partial charge in [0.15, 0.2) is 0 Å². The van der Waals surface area contributed by atoms with Gasteiger partial charge in [0.1, 0.15) is 0 Å². The van der Waals surface area contributed by atoms with Crippen molar-refractivity contribution in [3.8, 4) is 0 Å². The molecule has 18 heavy (non-hydrogen) atoms. The van der Waals surface area contributed by atoms with Crippen LogP contribution in [-0.4, -0.2) is 24.5 Å². The Morgan fingerprint density at radius 2 is 2.00 bits per heavy atom. The molecule has 2 N–H and O–H groups in total. The highest BCUT2D eigenvalue weighted by Crippen LogP contribution is 2.27. The van der Waals surface area contributed by atoms with E-state index in [0.717, 1.165) is 19.4 Å². The highest BCUT2D eigenvalue weighted by atomic mass is 16.2. The Hall–Kier alpha value is -0.570. The van der Waals surface area contributed by atoms with E-state index in [1.54, 1.807) is 0 Å². The Labute approximate surface area is 111 Å². The van der Waals surface area contributed by atoms with Crippen molar-refractivity contribution in [3.05, 3.63) is 0 Å². The molecule has 2 fully saturated rings. The second-order valence-electron chi connectivity index (χ2n) is 6.15. The Bertz CT molecular complexity index is 272. The lowest BCUT2D eigenvalue weighted by Gasteiger charge is -2.34. The fraction of sp³-hybridized carbons (Fsp3) is 0.933. The average molecular weight is 252 g/mol. The van der Waals surface area contributed by atoms with E-state index in [2.05, 4.69) is 24.5 Å². The number of hydrogen-bond acceptors (Lipinski definition) is 2. The molecule has 4 atom stereocenters. The molecule has 0 bridgehead atoms. The standard InChI is InChI=1S/C15H28N2O/c1-3-12-6-4-5-7-14(12)17-15(18)13-9-8-11(2)16-10-13/h11-14,16H,3-10H2,1-2H3,(H,17,18). The summed E-state index contributed by atoms with van der Waals surface area (Å²) in [4.78, 5) is 12.3. The molecule has 1 saturated heterocycles. The quantitative estimate of drug-likeness (QED) is 0.810. The van der Waals surface area contributed by atoms with Crippen LogP contribution in [0.4, 0.5) is 0 Å². The molecule has 0 aromatic carbocycles. The maximum atomic E-state index is 12.3. The third-order valence-electron chi connectivity index (χ3n) is 4.79. The first-order chi connectivity index (χ1) is 8.70. The Morgan fingerprint density at radius 1 is 1.22 bits per heavy atom. The molecule has 0 spiro atoms. The smallest absolute Gasteiger partial charge is 0.224 e. The Kier molecular flexibility index (Phi) is 5.04.